The molecule has 0 radical (unpaired) electrons. The van der Waals surface area contributed by atoms with E-state index in [1.807, 2.05) is 0 Å². The number of nitrogen functional groups attached to an aromatic ring is 1. The quantitative estimate of drug-likeness (QED) is 0.466. The number of nitrogens with two attached hydrogens (primary N) is 1. The normalized spacial score (nSPS) is 11.5. The summed E-state index contributed by atoms with van der Waals surface area (Å²) in [6.07, 6.45) is -4.86. The molecule has 0 aliphatic heterocycles. The number of nitrogens with zero attached hydrogens (tertiary/aromatic N) is 1. The van der Waals surface area contributed by atoms with Gasteiger partial charge in [0, 0.05) is 5.02 Å². The molecule has 0 aliphatic carbocycles. The fraction of sp³-hybridized carbons (Fsp3) is 0.143. The Morgan fingerprint density at radius 2 is 1.93 bits per heavy atom. The van der Waals surface area contributed by atoms with Crippen LogP contribution in [0.2, 0.25) is 5.02 Å². The minimum atomic E-state index is -4.86. The Kier molecular flexibility index (Phi) is 2.76. The van der Waals surface area contributed by atoms with E-state index in [9.17, 15) is 23.3 Å². The molecule has 1 aromatic carbocycles. The van der Waals surface area contributed by atoms with Gasteiger partial charge in [-0.25, -0.2) is 0 Å². The third-order valence-electron chi connectivity index (χ3n) is 1.59. The van der Waals surface area contributed by atoms with Gasteiger partial charge in [0.2, 0.25) is 0 Å². The Morgan fingerprint density at radius 3 is 2.33 bits per heavy atom. The van der Waals surface area contributed by atoms with Crippen molar-refractivity contribution in [3.8, 4) is 0 Å². The molecule has 0 amide bonds. The molecule has 0 unspecified atom stereocenters. The summed E-state index contributed by atoms with van der Waals surface area (Å²) in [5.74, 6) is 0. The maximum Gasteiger partial charge on any atom is 0.423 e. The smallest absolute Gasteiger partial charge is 0.393 e. The molecule has 82 valence electrons. The van der Waals surface area contributed by atoms with E-state index in [1.54, 1.807) is 0 Å². The topological polar surface area (TPSA) is 69.2 Å². The number of halogens is 4. The molecule has 1 aromatic rings. The number of hydrogen-bond donors (Lipinski definition) is 1. The van der Waals surface area contributed by atoms with Crippen LogP contribution in [0.5, 0.6) is 0 Å². The van der Waals surface area contributed by atoms with E-state index in [0.29, 0.717) is 6.07 Å². The summed E-state index contributed by atoms with van der Waals surface area (Å²) in [5.41, 5.74) is 1.86. The van der Waals surface area contributed by atoms with E-state index in [2.05, 4.69) is 0 Å². The molecule has 1 rings (SSSR count). The van der Waals surface area contributed by atoms with Gasteiger partial charge in [-0.1, -0.05) is 11.6 Å². The Bertz CT molecular complexity index is 419. The molecular formula is C7H4ClF3N2O2. The predicted molar refractivity (Wildman–Crippen MR) is 47.5 cm³/mol. The summed E-state index contributed by atoms with van der Waals surface area (Å²) in [7, 11) is 0. The van der Waals surface area contributed by atoms with Crippen molar-refractivity contribution in [2.24, 2.45) is 0 Å². The first kappa shape index (κ1) is 11.6. The molecule has 15 heavy (non-hydrogen) atoms. The molecule has 0 spiro atoms. The Morgan fingerprint density at radius 1 is 1.40 bits per heavy atom. The van der Waals surface area contributed by atoms with Gasteiger partial charge in [-0.15, -0.1) is 0 Å². The third-order valence-corrected chi connectivity index (χ3v) is 1.81. The van der Waals surface area contributed by atoms with Crippen LogP contribution in [-0.2, 0) is 6.18 Å². The van der Waals surface area contributed by atoms with Crippen LogP contribution in [0.1, 0.15) is 5.56 Å². The summed E-state index contributed by atoms with van der Waals surface area (Å²) in [6, 6.07) is 1.37. The van der Waals surface area contributed by atoms with Gasteiger partial charge in [0.15, 0.2) is 0 Å². The summed E-state index contributed by atoms with van der Waals surface area (Å²) >= 11 is 5.33. The summed E-state index contributed by atoms with van der Waals surface area (Å²) in [6.45, 7) is 0. The van der Waals surface area contributed by atoms with Crippen molar-refractivity contribution in [3.63, 3.8) is 0 Å². The molecule has 8 heteroatoms. The lowest BCUT2D eigenvalue weighted by Gasteiger charge is -2.09. The Hall–Kier alpha value is -1.50. The Labute approximate surface area is 86.6 Å². The number of nitro groups is 1. The lowest BCUT2D eigenvalue weighted by molar-refractivity contribution is -0.387. The van der Waals surface area contributed by atoms with Gasteiger partial charge in [-0.2, -0.15) is 13.2 Å². The highest BCUT2D eigenvalue weighted by Crippen LogP contribution is 2.40. The first-order chi connectivity index (χ1) is 6.73. The van der Waals surface area contributed by atoms with Gasteiger partial charge < -0.3 is 5.73 Å². The number of anilines is 1. The molecule has 0 bridgehead atoms. The van der Waals surface area contributed by atoms with Crippen LogP contribution in [0.15, 0.2) is 12.1 Å². The first-order valence-corrected chi connectivity index (χ1v) is 3.92. The van der Waals surface area contributed by atoms with Crippen molar-refractivity contribution in [2.75, 3.05) is 5.73 Å². The average molecular weight is 241 g/mol. The van der Waals surface area contributed by atoms with Crippen molar-refractivity contribution in [1.82, 2.24) is 0 Å². The molecule has 0 aliphatic rings. The van der Waals surface area contributed by atoms with Crippen molar-refractivity contribution in [1.29, 1.82) is 0 Å². The highest BCUT2D eigenvalue weighted by Gasteiger charge is 2.39. The molecule has 0 atom stereocenters. The van der Waals surface area contributed by atoms with Gasteiger partial charge in [0.05, 0.1) is 4.92 Å². The van der Waals surface area contributed by atoms with Gasteiger partial charge in [-0.05, 0) is 12.1 Å². The minimum Gasteiger partial charge on any atom is -0.393 e. The highest BCUT2D eigenvalue weighted by atomic mass is 35.5. The highest BCUT2D eigenvalue weighted by molar-refractivity contribution is 6.31. The van der Waals surface area contributed by atoms with Crippen LogP contribution < -0.4 is 5.73 Å². The average Bonchev–Trinajstić information content (AvgIpc) is 1.99. The van der Waals surface area contributed by atoms with Gasteiger partial charge >= 0.3 is 11.9 Å². The number of hydrogen-bond acceptors (Lipinski definition) is 3. The predicted octanol–water partition coefficient (Wildman–Crippen LogP) is 2.85. The van der Waals surface area contributed by atoms with Crippen LogP contribution in [-0.4, -0.2) is 4.92 Å². The van der Waals surface area contributed by atoms with Crippen molar-refractivity contribution >= 4 is 23.0 Å². The number of alkyl halides is 3. The lowest BCUT2D eigenvalue weighted by Crippen LogP contribution is -2.10. The second-order valence-corrected chi connectivity index (χ2v) is 3.08. The van der Waals surface area contributed by atoms with Crippen LogP contribution in [0.4, 0.5) is 24.5 Å². The van der Waals surface area contributed by atoms with Gasteiger partial charge in [0.25, 0.3) is 0 Å². The largest absolute Gasteiger partial charge is 0.423 e. The SMILES string of the molecule is Nc1cc(Cl)cc(C(F)(F)F)c1[N+](=O)[O-]. The van der Waals surface area contributed by atoms with Crippen LogP contribution >= 0.6 is 11.6 Å². The second kappa shape index (κ2) is 3.58. The van der Waals surface area contributed by atoms with Crippen molar-refractivity contribution in [3.05, 3.63) is 32.8 Å². The summed E-state index contributed by atoms with van der Waals surface area (Å²) in [4.78, 5) is 9.20. The molecule has 0 aromatic heterocycles. The first-order valence-electron chi connectivity index (χ1n) is 3.54. The van der Waals surface area contributed by atoms with Crippen LogP contribution in [0, 0.1) is 10.1 Å². The third kappa shape index (κ3) is 2.30. The van der Waals surface area contributed by atoms with E-state index < -0.39 is 28.0 Å². The van der Waals surface area contributed by atoms with E-state index in [4.69, 9.17) is 17.3 Å². The summed E-state index contributed by atoms with van der Waals surface area (Å²) in [5, 5.41) is 10.1. The maximum atomic E-state index is 12.4. The van der Waals surface area contributed by atoms with E-state index in [-0.39, 0.29) is 5.02 Å². The molecule has 4 nitrogen and oxygen atoms in total. The zero-order valence-corrected chi connectivity index (χ0v) is 7.76. The summed E-state index contributed by atoms with van der Waals surface area (Å²) < 4.78 is 37.1. The fourth-order valence-electron chi connectivity index (χ4n) is 1.04. The van der Waals surface area contributed by atoms with Gasteiger partial charge in [-0.3, -0.25) is 10.1 Å². The zero-order valence-electron chi connectivity index (χ0n) is 7.01. The zero-order chi connectivity index (χ0) is 11.8. The number of benzene rings is 1. The molecule has 0 saturated heterocycles. The van der Waals surface area contributed by atoms with E-state index in [0.717, 1.165) is 6.07 Å². The van der Waals surface area contributed by atoms with Crippen LogP contribution in [0.25, 0.3) is 0 Å². The second-order valence-electron chi connectivity index (χ2n) is 2.65. The number of rotatable bonds is 1. The van der Waals surface area contributed by atoms with E-state index in [1.165, 1.54) is 0 Å². The van der Waals surface area contributed by atoms with Crippen molar-refractivity contribution in [2.45, 2.75) is 6.18 Å². The van der Waals surface area contributed by atoms with Gasteiger partial charge in [0.1, 0.15) is 11.3 Å². The molecular weight excluding hydrogens is 237 g/mol. The molecule has 0 fully saturated rings. The molecule has 0 heterocycles. The molecule has 0 saturated carbocycles. The van der Waals surface area contributed by atoms with Crippen molar-refractivity contribution < 1.29 is 18.1 Å². The van der Waals surface area contributed by atoms with E-state index >= 15 is 0 Å². The minimum absolute atomic E-state index is 0.301. The monoisotopic (exact) mass is 240 g/mol. The fourth-order valence-corrected chi connectivity index (χ4v) is 1.27. The maximum absolute atomic E-state index is 12.4. The van der Waals surface area contributed by atoms with Crippen LogP contribution in [0.3, 0.4) is 0 Å². The Balaban J connectivity index is 3.54. The standard InChI is InChI=1S/C7H4ClF3N2O2/c8-3-1-4(7(9,10)11)6(13(14)15)5(12)2-3/h1-2H,12H2. The number of nitro benzene ring substituents is 1. The lowest BCUT2D eigenvalue weighted by atomic mass is 10.1. The molecule has 2 N–H and O–H groups in total.